The van der Waals surface area contributed by atoms with E-state index in [0.29, 0.717) is 30.4 Å². The minimum absolute atomic E-state index is 0.427. The molecule has 8 nitrogen and oxygen atoms in total. The number of nitrogens with zero attached hydrogens (tertiary/aromatic N) is 6. The van der Waals surface area contributed by atoms with Crippen molar-refractivity contribution < 1.29 is 4.74 Å². The Kier molecular flexibility index (Phi) is 2.97. The van der Waals surface area contributed by atoms with Crippen molar-refractivity contribution in [2.75, 3.05) is 12.8 Å². The number of aromatic nitrogens is 6. The zero-order chi connectivity index (χ0) is 14.1. The highest BCUT2D eigenvalue weighted by atomic mass is 16.5. The van der Waals surface area contributed by atoms with Crippen molar-refractivity contribution >= 4 is 17.1 Å². The van der Waals surface area contributed by atoms with Crippen LogP contribution in [-0.2, 0) is 20.0 Å². The summed E-state index contributed by atoms with van der Waals surface area (Å²) in [7, 11) is 3.42. The number of methoxy groups -OCH3 is 1. The zero-order valence-corrected chi connectivity index (χ0v) is 11.3. The Hall–Kier alpha value is -2.64. The number of aryl methyl sites for hydroxylation is 3. The van der Waals surface area contributed by atoms with Crippen molar-refractivity contribution in [3.05, 3.63) is 24.3 Å². The zero-order valence-electron chi connectivity index (χ0n) is 11.3. The van der Waals surface area contributed by atoms with E-state index in [2.05, 4.69) is 20.1 Å². The van der Waals surface area contributed by atoms with Gasteiger partial charge in [-0.25, -0.2) is 9.97 Å². The molecule has 0 saturated carbocycles. The number of hydrogen-bond acceptors (Lipinski definition) is 6. The van der Waals surface area contributed by atoms with Gasteiger partial charge in [0.2, 0.25) is 11.8 Å². The molecule has 3 aromatic heterocycles. The molecule has 104 valence electrons. The SMILES string of the molecule is COc1ccc2nc(N)n(CCc3ncn(C)n3)c2n1. The van der Waals surface area contributed by atoms with E-state index in [-0.39, 0.29) is 0 Å². The molecule has 0 aromatic carbocycles. The molecule has 3 rings (SSSR count). The first kappa shape index (κ1) is 12.4. The molecule has 0 aliphatic carbocycles. The van der Waals surface area contributed by atoms with Gasteiger partial charge in [-0.15, -0.1) is 0 Å². The van der Waals surface area contributed by atoms with Gasteiger partial charge in [0.25, 0.3) is 0 Å². The van der Waals surface area contributed by atoms with Gasteiger partial charge in [0.15, 0.2) is 11.5 Å². The van der Waals surface area contributed by atoms with E-state index in [1.165, 1.54) is 0 Å². The molecule has 20 heavy (non-hydrogen) atoms. The van der Waals surface area contributed by atoms with Gasteiger partial charge < -0.3 is 10.5 Å². The summed E-state index contributed by atoms with van der Waals surface area (Å²) in [5.74, 6) is 1.72. The average molecular weight is 273 g/mol. The van der Waals surface area contributed by atoms with Gasteiger partial charge in [-0.2, -0.15) is 10.1 Å². The minimum atomic E-state index is 0.427. The smallest absolute Gasteiger partial charge is 0.215 e. The highest BCUT2D eigenvalue weighted by molar-refractivity contribution is 5.74. The van der Waals surface area contributed by atoms with Crippen LogP contribution in [0, 0.1) is 0 Å². The molecule has 0 atom stereocenters. The second-order valence-corrected chi connectivity index (χ2v) is 4.40. The normalized spacial score (nSPS) is 11.1. The van der Waals surface area contributed by atoms with Crippen molar-refractivity contribution in [2.24, 2.45) is 7.05 Å². The van der Waals surface area contributed by atoms with Gasteiger partial charge in [-0.05, 0) is 6.07 Å². The molecule has 0 amide bonds. The van der Waals surface area contributed by atoms with Gasteiger partial charge in [-0.1, -0.05) is 0 Å². The highest BCUT2D eigenvalue weighted by Crippen LogP contribution is 2.19. The predicted molar refractivity (Wildman–Crippen MR) is 73.2 cm³/mol. The number of fused-ring (bicyclic) bond motifs is 1. The number of hydrogen-bond donors (Lipinski definition) is 1. The number of anilines is 1. The maximum atomic E-state index is 5.94. The fourth-order valence-corrected chi connectivity index (χ4v) is 2.05. The van der Waals surface area contributed by atoms with Crippen molar-refractivity contribution in [2.45, 2.75) is 13.0 Å². The standard InChI is InChI=1S/C12H15N7O/c1-18-7-14-9(17-18)5-6-19-11-8(15-12(19)13)3-4-10(16-11)20-2/h3-4,7H,5-6H2,1-2H3,(H2,13,15). The molecule has 0 aliphatic heterocycles. The molecule has 0 saturated heterocycles. The van der Waals surface area contributed by atoms with Crippen molar-refractivity contribution in [1.29, 1.82) is 0 Å². The summed E-state index contributed by atoms with van der Waals surface area (Å²) in [4.78, 5) is 12.9. The second-order valence-electron chi connectivity index (χ2n) is 4.40. The number of ether oxygens (including phenoxy) is 1. The Morgan fingerprint density at radius 2 is 2.15 bits per heavy atom. The Morgan fingerprint density at radius 3 is 2.85 bits per heavy atom. The van der Waals surface area contributed by atoms with Crippen molar-refractivity contribution in [3.8, 4) is 5.88 Å². The molecular weight excluding hydrogens is 258 g/mol. The fraction of sp³-hybridized carbons (Fsp3) is 0.333. The Morgan fingerprint density at radius 1 is 1.30 bits per heavy atom. The monoisotopic (exact) mass is 273 g/mol. The number of nitrogen functional groups attached to an aromatic ring is 1. The van der Waals surface area contributed by atoms with E-state index in [9.17, 15) is 0 Å². The lowest BCUT2D eigenvalue weighted by Gasteiger charge is -2.04. The summed E-state index contributed by atoms with van der Waals surface area (Å²) in [6, 6.07) is 3.60. The van der Waals surface area contributed by atoms with E-state index in [1.54, 1.807) is 24.2 Å². The summed E-state index contributed by atoms with van der Waals surface area (Å²) in [6.45, 7) is 0.618. The molecule has 8 heteroatoms. The van der Waals surface area contributed by atoms with Gasteiger partial charge in [-0.3, -0.25) is 9.25 Å². The molecule has 0 spiro atoms. The Balaban J connectivity index is 1.91. The van der Waals surface area contributed by atoms with Gasteiger partial charge >= 0.3 is 0 Å². The van der Waals surface area contributed by atoms with E-state index >= 15 is 0 Å². The van der Waals surface area contributed by atoms with Crippen LogP contribution in [0.1, 0.15) is 5.82 Å². The van der Waals surface area contributed by atoms with Crippen LogP contribution in [0.15, 0.2) is 18.5 Å². The number of rotatable bonds is 4. The van der Waals surface area contributed by atoms with Crippen LogP contribution in [0.2, 0.25) is 0 Å². The molecule has 0 unspecified atom stereocenters. The van der Waals surface area contributed by atoms with Crippen LogP contribution in [0.25, 0.3) is 11.2 Å². The minimum Gasteiger partial charge on any atom is -0.481 e. The maximum Gasteiger partial charge on any atom is 0.215 e. The third-order valence-corrected chi connectivity index (χ3v) is 3.01. The summed E-state index contributed by atoms with van der Waals surface area (Å²) in [6.07, 6.45) is 2.33. The third kappa shape index (κ3) is 2.15. The molecule has 3 aromatic rings. The topological polar surface area (TPSA) is 96.7 Å². The summed E-state index contributed by atoms with van der Waals surface area (Å²) >= 11 is 0. The average Bonchev–Trinajstić information content (AvgIpc) is 2.98. The van der Waals surface area contributed by atoms with Crippen LogP contribution in [0.4, 0.5) is 5.95 Å². The highest BCUT2D eigenvalue weighted by Gasteiger charge is 2.11. The van der Waals surface area contributed by atoms with Crippen LogP contribution >= 0.6 is 0 Å². The van der Waals surface area contributed by atoms with Gasteiger partial charge in [0.1, 0.15) is 11.8 Å². The summed E-state index contributed by atoms with van der Waals surface area (Å²) in [5, 5.41) is 4.24. The summed E-state index contributed by atoms with van der Waals surface area (Å²) < 4.78 is 8.65. The van der Waals surface area contributed by atoms with Crippen LogP contribution in [-0.4, -0.2) is 36.4 Å². The molecule has 0 fully saturated rings. The first-order chi connectivity index (χ1) is 9.67. The molecule has 0 radical (unpaired) electrons. The van der Waals surface area contributed by atoms with Crippen LogP contribution < -0.4 is 10.5 Å². The molecule has 0 bridgehead atoms. The molecule has 0 aliphatic rings. The van der Waals surface area contributed by atoms with Crippen LogP contribution in [0.5, 0.6) is 5.88 Å². The predicted octanol–water partition coefficient (Wildman–Crippen LogP) is 0.393. The number of imidazole rings is 1. The quantitative estimate of drug-likeness (QED) is 0.738. The van der Waals surface area contributed by atoms with Crippen molar-refractivity contribution in [1.82, 2.24) is 29.3 Å². The van der Waals surface area contributed by atoms with E-state index in [4.69, 9.17) is 10.5 Å². The molecule has 3 heterocycles. The number of nitrogens with two attached hydrogens (primary N) is 1. The van der Waals surface area contributed by atoms with Crippen molar-refractivity contribution in [3.63, 3.8) is 0 Å². The van der Waals surface area contributed by atoms with Gasteiger partial charge in [0.05, 0.1) is 7.11 Å². The third-order valence-electron chi connectivity index (χ3n) is 3.01. The van der Waals surface area contributed by atoms with Gasteiger partial charge in [0, 0.05) is 26.1 Å². The lowest BCUT2D eigenvalue weighted by atomic mass is 10.4. The molecular formula is C12H15N7O. The largest absolute Gasteiger partial charge is 0.481 e. The lowest BCUT2D eigenvalue weighted by molar-refractivity contribution is 0.399. The number of pyridine rings is 1. The maximum absolute atomic E-state index is 5.94. The second kappa shape index (κ2) is 4.80. The molecule has 2 N–H and O–H groups in total. The first-order valence-electron chi connectivity index (χ1n) is 6.18. The first-order valence-corrected chi connectivity index (χ1v) is 6.18. The lowest BCUT2D eigenvalue weighted by Crippen LogP contribution is -2.07. The Labute approximate surface area is 115 Å². The summed E-state index contributed by atoms with van der Waals surface area (Å²) in [5.41, 5.74) is 7.39. The van der Waals surface area contributed by atoms with E-state index in [1.807, 2.05) is 17.7 Å². The Bertz CT molecular complexity index is 745. The van der Waals surface area contributed by atoms with E-state index in [0.717, 1.165) is 11.3 Å². The fourth-order valence-electron chi connectivity index (χ4n) is 2.05. The van der Waals surface area contributed by atoms with E-state index < -0.39 is 0 Å². The van der Waals surface area contributed by atoms with Crippen LogP contribution in [0.3, 0.4) is 0 Å².